The highest BCUT2D eigenvalue weighted by Crippen LogP contribution is 2.43. The highest BCUT2D eigenvalue weighted by Gasteiger charge is 2.41. The topological polar surface area (TPSA) is 29.9 Å². The first-order chi connectivity index (χ1) is 10.3. The number of aromatic nitrogens is 2. The molecule has 2 aliphatic carbocycles. The summed E-state index contributed by atoms with van der Waals surface area (Å²) in [6.45, 7) is 2.26. The van der Waals surface area contributed by atoms with Crippen molar-refractivity contribution in [1.82, 2.24) is 14.9 Å². The molecule has 1 saturated carbocycles. The molecule has 1 heterocycles. The molecule has 0 unspecified atom stereocenters. The van der Waals surface area contributed by atoms with E-state index in [4.69, 9.17) is 0 Å². The first-order valence-electron chi connectivity index (χ1n) is 7.82. The first-order valence-corrected chi connectivity index (χ1v) is 7.82. The number of hydrogen-bond acceptors (Lipinski definition) is 2. The maximum atomic E-state index is 4.09. The van der Waals surface area contributed by atoms with Gasteiger partial charge in [-0.2, -0.15) is 0 Å². The molecule has 108 valence electrons. The van der Waals surface area contributed by atoms with E-state index in [0.717, 1.165) is 17.5 Å². The summed E-state index contributed by atoms with van der Waals surface area (Å²) >= 11 is 0. The summed E-state index contributed by atoms with van der Waals surface area (Å²) in [6, 6.07) is 9.82. The van der Waals surface area contributed by atoms with Crippen LogP contribution in [0.15, 0.2) is 55.1 Å². The lowest BCUT2D eigenvalue weighted by atomic mass is 9.71. The second-order valence-electron chi connectivity index (χ2n) is 6.29. The Morgan fingerprint density at radius 3 is 2.86 bits per heavy atom. The predicted molar refractivity (Wildman–Crippen MR) is 84.3 cm³/mol. The Balaban J connectivity index is 1.42. The molecule has 21 heavy (non-hydrogen) atoms. The molecule has 0 radical (unpaired) electrons. The Bertz CT molecular complexity index is 627. The van der Waals surface area contributed by atoms with Gasteiger partial charge < -0.3 is 9.88 Å². The van der Waals surface area contributed by atoms with Gasteiger partial charge in [0.05, 0.1) is 6.33 Å². The Kier molecular flexibility index (Phi) is 3.15. The van der Waals surface area contributed by atoms with E-state index >= 15 is 0 Å². The van der Waals surface area contributed by atoms with Crippen molar-refractivity contribution in [2.24, 2.45) is 11.8 Å². The third-order valence-corrected chi connectivity index (χ3v) is 5.02. The van der Waals surface area contributed by atoms with Gasteiger partial charge in [-0.25, -0.2) is 4.98 Å². The van der Waals surface area contributed by atoms with Crippen molar-refractivity contribution in [2.75, 3.05) is 0 Å². The third-order valence-electron chi connectivity index (χ3n) is 5.02. The minimum Gasteiger partial charge on any atom is -0.307 e. The van der Waals surface area contributed by atoms with Crippen LogP contribution in [0.1, 0.15) is 31.4 Å². The van der Waals surface area contributed by atoms with Gasteiger partial charge in [0.1, 0.15) is 0 Å². The fourth-order valence-corrected chi connectivity index (χ4v) is 3.67. The molecule has 0 amide bonds. The molecule has 3 heteroatoms. The van der Waals surface area contributed by atoms with Crippen molar-refractivity contribution in [2.45, 2.75) is 31.8 Å². The van der Waals surface area contributed by atoms with Gasteiger partial charge in [0, 0.05) is 30.2 Å². The quantitative estimate of drug-likeness (QED) is 0.868. The van der Waals surface area contributed by atoms with Crippen molar-refractivity contribution in [3.63, 3.8) is 0 Å². The molecule has 1 fully saturated rings. The van der Waals surface area contributed by atoms with Crippen LogP contribution >= 0.6 is 0 Å². The number of allylic oxidation sites excluding steroid dienone is 1. The minimum atomic E-state index is 0.404. The zero-order valence-electron chi connectivity index (χ0n) is 12.3. The van der Waals surface area contributed by atoms with Crippen LogP contribution in [0.4, 0.5) is 0 Å². The summed E-state index contributed by atoms with van der Waals surface area (Å²) < 4.78 is 2.03. The van der Waals surface area contributed by atoms with E-state index in [1.165, 1.54) is 18.4 Å². The predicted octanol–water partition coefficient (Wildman–Crippen LogP) is 3.49. The van der Waals surface area contributed by atoms with E-state index in [1.54, 1.807) is 6.20 Å². The molecule has 0 spiro atoms. The number of imidazole rings is 1. The molecule has 4 rings (SSSR count). The third kappa shape index (κ3) is 2.32. The van der Waals surface area contributed by atoms with Crippen LogP contribution < -0.4 is 5.32 Å². The smallest absolute Gasteiger partial charge is 0.0991 e. The zero-order chi connectivity index (χ0) is 14.2. The fraction of sp³-hybridized carbons (Fsp3) is 0.389. The number of fused-ring (bicyclic) bond motifs is 1. The molecular weight excluding hydrogens is 258 g/mol. The van der Waals surface area contributed by atoms with E-state index in [9.17, 15) is 0 Å². The van der Waals surface area contributed by atoms with Crippen LogP contribution in [-0.2, 0) is 0 Å². The molecule has 0 aliphatic heterocycles. The lowest BCUT2D eigenvalue weighted by Crippen LogP contribution is -2.48. The average molecular weight is 279 g/mol. The van der Waals surface area contributed by atoms with Crippen LogP contribution in [0, 0.1) is 11.8 Å². The van der Waals surface area contributed by atoms with E-state index in [1.807, 2.05) is 17.1 Å². The second-order valence-corrected chi connectivity index (χ2v) is 6.29. The van der Waals surface area contributed by atoms with Gasteiger partial charge in [-0.05, 0) is 49.3 Å². The van der Waals surface area contributed by atoms with Crippen LogP contribution in [-0.4, -0.2) is 15.6 Å². The molecule has 2 aromatic rings. The summed E-state index contributed by atoms with van der Waals surface area (Å²) in [7, 11) is 0. The Morgan fingerprint density at radius 2 is 2.14 bits per heavy atom. The maximum absolute atomic E-state index is 4.09. The van der Waals surface area contributed by atoms with Crippen molar-refractivity contribution in [3.05, 3.63) is 60.7 Å². The highest BCUT2D eigenvalue weighted by molar-refractivity contribution is 5.35. The van der Waals surface area contributed by atoms with Gasteiger partial charge in [-0.3, -0.25) is 0 Å². The summed E-state index contributed by atoms with van der Waals surface area (Å²) in [5.41, 5.74) is 2.51. The van der Waals surface area contributed by atoms with Gasteiger partial charge in [0.25, 0.3) is 0 Å². The van der Waals surface area contributed by atoms with Crippen molar-refractivity contribution < 1.29 is 0 Å². The molecule has 2 aliphatic rings. The molecule has 0 bridgehead atoms. The minimum absolute atomic E-state index is 0.404. The van der Waals surface area contributed by atoms with E-state index in [0.29, 0.717) is 12.1 Å². The van der Waals surface area contributed by atoms with Crippen LogP contribution in [0.5, 0.6) is 0 Å². The van der Waals surface area contributed by atoms with Gasteiger partial charge in [-0.15, -0.1) is 0 Å². The van der Waals surface area contributed by atoms with Gasteiger partial charge in [0.2, 0.25) is 0 Å². The Labute approximate surface area is 125 Å². The van der Waals surface area contributed by atoms with Crippen LogP contribution in [0.25, 0.3) is 5.69 Å². The maximum Gasteiger partial charge on any atom is 0.0991 e. The molecular formula is C18H21N3. The van der Waals surface area contributed by atoms with Crippen molar-refractivity contribution in [3.8, 4) is 5.69 Å². The number of hydrogen-bond donors (Lipinski definition) is 1. The molecule has 1 aromatic heterocycles. The molecule has 1 N–H and O–H groups in total. The fourth-order valence-electron chi connectivity index (χ4n) is 3.67. The highest BCUT2D eigenvalue weighted by atomic mass is 15.0. The summed E-state index contributed by atoms with van der Waals surface area (Å²) in [5, 5.41) is 3.79. The van der Waals surface area contributed by atoms with Crippen LogP contribution in [0.3, 0.4) is 0 Å². The van der Waals surface area contributed by atoms with Crippen LogP contribution in [0.2, 0.25) is 0 Å². The number of benzene rings is 1. The normalized spacial score (nSPS) is 28.1. The van der Waals surface area contributed by atoms with Crippen molar-refractivity contribution >= 4 is 0 Å². The summed E-state index contributed by atoms with van der Waals surface area (Å²) in [5.74, 6) is 1.69. The van der Waals surface area contributed by atoms with Crippen molar-refractivity contribution in [1.29, 1.82) is 0 Å². The number of nitrogens with one attached hydrogen (secondary N) is 1. The van der Waals surface area contributed by atoms with Gasteiger partial charge in [-0.1, -0.05) is 24.3 Å². The zero-order valence-corrected chi connectivity index (χ0v) is 12.3. The standard InChI is InChI=1S/C18H21N3/c1-13(20-18-11-15-3-2-4-17(15)18)14-5-7-16(8-6-14)21-10-9-19-12-21/h2,4-10,12-13,15,17-18,20H,3,11H2,1H3/t13-,15-,17+,18-/m1/s1. The lowest BCUT2D eigenvalue weighted by molar-refractivity contribution is 0.152. The SMILES string of the molecule is C[C@@H](N[C@@H]1C[C@H]2CC=C[C@@H]21)c1ccc(-n2ccnc2)cc1. The number of rotatable bonds is 4. The van der Waals surface area contributed by atoms with E-state index in [2.05, 4.69) is 53.6 Å². The molecule has 3 nitrogen and oxygen atoms in total. The van der Waals surface area contributed by atoms with E-state index in [-0.39, 0.29) is 0 Å². The second kappa shape index (κ2) is 5.15. The average Bonchev–Trinajstić information content (AvgIpc) is 3.14. The largest absolute Gasteiger partial charge is 0.307 e. The van der Waals surface area contributed by atoms with Gasteiger partial charge in [0.15, 0.2) is 0 Å². The Morgan fingerprint density at radius 1 is 1.29 bits per heavy atom. The van der Waals surface area contributed by atoms with E-state index < -0.39 is 0 Å². The molecule has 0 saturated heterocycles. The lowest BCUT2D eigenvalue weighted by Gasteiger charge is -2.42. The molecule has 4 atom stereocenters. The van der Waals surface area contributed by atoms with Gasteiger partial charge >= 0.3 is 0 Å². The summed E-state index contributed by atoms with van der Waals surface area (Å²) in [6.07, 6.45) is 13.0. The number of nitrogens with zero attached hydrogens (tertiary/aromatic N) is 2. The Hall–Kier alpha value is -1.87. The monoisotopic (exact) mass is 279 g/mol. The summed E-state index contributed by atoms with van der Waals surface area (Å²) in [4.78, 5) is 4.09. The first kappa shape index (κ1) is 12.8. The molecule has 1 aromatic carbocycles.